The number of hydrogen-bond acceptors (Lipinski definition) is 4. The van der Waals surface area contributed by atoms with Crippen LogP contribution in [0.5, 0.6) is 0 Å². The Morgan fingerprint density at radius 1 is 1.31 bits per heavy atom. The highest BCUT2D eigenvalue weighted by molar-refractivity contribution is 5.68. The summed E-state index contributed by atoms with van der Waals surface area (Å²) in [6.45, 7) is 10.2. The summed E-state index contributed by atoms with van der Waals surface area (Å²) in [6, 6.07) is 13.8. The van der Waals surface area contributed by atoms with Gasteiger partial charge in [-0.25, -0.2) is 0 Å². The monoisotopic (exact) mass is 350 g/mol. The van der Waals surface area contributed by atoms with Crippen LogP contribution in [0.3, 0.4) is 0 Å². The molecule has 1 fully saturated rings. The van der Waals surface area contributed by atoms with E-state index >= 15 is 0 Å². The Kier molecular flexibility index (Phi) is 6.07. The molecule has 137 valence electrons. The molecule has 1 aromatic heterocycles. The Labute approximate surface area is 156 Å². The van der Waals surface area contributed by atoms with Crippen LogP contribution in [0, 0.1) is 6.07 Å². The minimum absolute atomic E-state index is 0.0300. The summed E-state index contributed by atoms with van der Waals surface area (Å²) in [7, 11) is 2.17. The zero-order valence-electron chi connectivity index (χ0n) is 15.8. The van der Waals surface area contributed by atoms with Gasteiger partial charge in [0.25, 0.3) is 0 Å². The second-order valence-electron chi connectivity index (χ2n) is 7.07. The van der Waals surface area contributed by atoms with Gasteiger partial charge < -0.3 is 14.9 Å². The van der Waals surface area contributed by atoms with Gasteiger partial charge in [0.05, 0.1) is 12.3 Å². The van der Waals surface area contributed by atoms with E-state index in [1.807, 2.05) is 31.2 Å². The third kappa shape index (κ3) is 4.14. The molecule has 1 aliphatic heterocycles. The Morgan fingerprint density at radius 3 is 2.77 bits per heavy atom. The third-order valence-electron chi connectivity index (χ3n) is 5.05. The van der Waals surface area contributed by atoms with Gasteiger partial charge in [-0.1, -0.05) is 19.1 Å². The number of anilines is 1. The number of allylic oxidation sites excluding steroid dienone is 1. The minimum Gasteiger partial charge on any atom is -0.396 e. The summed E-state index contributed by atoms with van der Waals surface area (Å²) in [5.74, 6) is 0.0300. The summed E-state index contributed by atoms with van der Waals surface area (Å²) in [6.07, 6.45) is 2.72. The molecule has 1 aliphatic rings. The van der Waals surface area contributed by atoms with Crippen LogP contribution < -0.4 is 4.90 Å². The molecular weight excluding hydrogens is 322 g/mol. The van der Waals surface area contributed by atoms with Crippen LogP contribution in [0.25, 0.3) is 11.3 Å². The van der Waals surface area contributed by atoms with Crippen LogP contribution in [-0.2, 0) is 6.42 Å². The topological polar surface area (TPSA) is 39.6 Å². The van der Waals surface area contributed by atoms with Crippen molar-refractivity contribution in [1.29, 1.82) is 0 Å². The number of hydrogen-bond donors (Lipinski definition) is 1. The fraction of sp³-hybridized carbons (Fsp3) is 0.409. The molecular formula is C22H28N3O. The molecule has 4 heteroatoms. The number of piperazine rings is 1. The molecule has 1 aromatic carbocycles. The highest BCUT2D eigenvalue weighted by Gasteiger charge is 2.16. The quantitative estimate of drug-likeness (QED) is 0.813. The molecule has 1 unspecified atom stereocenters. The maximum absolute atomic E-state index is 9.42. The summed E-state index contributed by atoms with van der Waals surface area (Å²) < 4.78 is 0. The normalized spacial score (nSPS) is 16.5. The molecule has 1 saturated heterocycles. The van der Waals surface area contributed by atoms with Gasteiger partial charge in [-0.3, -0.25) is 4.98 Å². The number of aliphatic hydroxyl groups is 1. The van der Waals surface area contributed by atoms with Gasteiger partial charge in [0.2, 0.25) is 0 Å². The standard InChI is InChI=1S/C22H28N3O/c1-4-6-18-15-19(25-13-11-24(3)12-14-25)9-10-20(18)22-8-5-7-21(23-22)17(2)16-26/h4-5,7-9,15,17,26H,1,6,11-14,16H2,2-3H3. The largest absolute Gasteiger partial charge is 0.396 e. The van der Waals surface area contributed by atoms with E-state index in [9.17, 15) is 5.11 Å². The molecule has 0 bridgehead atoms. The van der Waals surface area contributed by atoms with Crippen molar-refractivity contribution in [2.75, 3.05) is 44.7 Å². The van der Waals surface area contributed by atoms with Crippen molar-refractivity contribution in [3.8, 4) is 11.3 Å². The Bertz CT molecular complexity index is 751. The highest BCUT2D eigenvalue weighted by Crippen LogP contribution is 2.28. The molecule has 0 aliphatic carbocycles. The van der Waals surface area contributed by atoms with Gasteiger partial charge >= 0.3 is 0 Å². The Morgan fingerprint density at radius 2 is 2.08 bits per heavy atom. The molecule has 2 heterocycles. The lowest BCUT2D eigenvalue weighted by Gasteiger charge is -2.34. The van der Waals surface area contributed by atoms with Crippen molar-refractivity contribution >= 4 is 5.69 Å². The third-order valence-corrected chi connectivity index (χ3v) is 5.05. The number of benzene rings is 1. The molecule has 1 radical (unpaired) electrons. The van der Waals surface area contributed by atoms with Gasteiger partial charge in [0.1, 0.15) is 0 Å². The predicted octanol–water partition coefficient (Wildman–Crippen LogP) is 3.12. The first-order valence-corrected chi connectivity index (χ1v) is 9.29. The van der Waals surface area contributed by atoms with Crippen LogP contribution in [0.1, 0.15) is 24.1 Å². The molecule has 1 N–H and O–H groups in total. The number of nitrogens with zero attached hydrogens (tertiary/aromatic N) is 3. The fourth-order valence-electron chi connectivity index (χ4n) is 3.29. The van der Waals surface area contributed by atoms with Crippen molar-refractivity contribution in [1.82, 2.24) is 9.88 Å². The lowest BCUT2D eigenvalue weighted by atomic mass is 9.99. The molecule has 4 nitrogen and oxygen atoms in total. The van der Waals surface area contributed by atoms with Crippen LogP contribution in [0.2, 0.25) is 0 Å². The van der Waals surface area contributed by atoms with Gasteiger partial charge in [-0.2, -0.15) is 0 Å². The van der Waals surface area contributed by atoms with Gasteiger partial charge in [-0.05, 0) is 49.4 Å². The van der Waals surface area contributed by atoms with Crippen LogP contribution in [0.15, 0.2) is 43.0 Å². The summed E-state index contributed by atoms with van der Waals surface area (Å²) >= 11 is 0. The number of pyridine rings is 1. The number of aromatic nitrogens is 1. The molecule has 2 aromatic rings. The summed E-state index contributed by atoms with van der Waals surface area (Å²) in [4.78, 5) is 9.54. The zero-order valence-corrected chi connectivity index (χ0v) is 15.8. The van der Waals surface area contributed by atoms with E-state index in [1.165, 1.54) is 11.3 Å². The first kappa shape index (κ1) is 18.6. The van der Waals surface area contributed by atoms with E-state index < -0.39 is 0 Å². The molecule has 26 heavy (non-hydrogen) atoms. The van der Waals surface area contributed by atoms with Gasteiger partial charge in [-0.15, -0.1) is 6.58 Å². The van der Waals surface area contributed by atoms with Crippen LogP contribution in [0.4, 0.5) is 5.69 Å². The van der Waals surface area contributed by atoms with Crippen molar-refractivity contribution in [3.05, 3.63) is 60.3 Å². The molecule has 0 amide bonds. The van der Waals surface area contributed by atoms with Crippen molar-refractivity contribution < 1.29 is 5.11 Å². The Hall–Kier alpha value is -2.17. The smallest absolute Gasteiger partial charge is 0.0714 e. The molecule has 0 spiro atoms. The maximum Gasteiger partial charge on any atom is 0.0714 e. The second-order valence-corrected chi connectivity index (χ2v) is 7.07. The average Bonchev–Trinajstić information content (AvgIpc) is 2.68. The highest BCUT2D eigenvalue weighted by atomic mass is 16.3. The first-order chi connectivity index (χ1) is 12.6. The van der Waals surface area contributed by atoms with E-state index in [0.717, 1.165) is 49.6 Å². The average molecular weight is 350 g/mol. The van der Waals surface area contributed by atoms with Crippen LogP contribution >= 0.6 is 0 Å². The van der Waals surface area contributed by atoms with E-state index in [1.54, 1.807) is 0 Å². The maximum atomic E-state index is 9.42. The molecule has 1 atom stereocenters. The van der Waals surface area contributed by atoms with Crippen molar-refractivity contribution in [2.45, 2.75) is 19.3 Å². The van der Waals surface area contributed by atoms with Gasteiger partial charge in [0.15, 0.2) is 0 Å². The summed E-state index contributed by atoms with van der Waals surface area (Å²) in [5, 5.41) is 9.42. The van der Waals surface area contributed by atoms with Gasteiger partial charge in [0, 0.05) is 49.0 Å². The predicted molar refractivity (Wildman–Crippen MR) is 108 cm³/mol. The second kappa shape index (κ2) is 8.47. The summed E-state index contributed by atoms with van der Waals surface area (Å²) in [5.41, 5.74) is 5.25. The van der Waals surface area contributed by atoms with E-state index in [0.29, 0.717) is 0 Å². The van der Waals surface area contributed by atoms with Crippen LogP contribution in [-0.4, -0.2) is 54.8 Å². The first-order valence-electron chi connectivity index (χ1n) is 9.29. The van der Waals surface area contributed by atoms with Crippen molar-refractivity contribution in [3.63, 3.8) is 0 Å². The van der Waals surface area contributed by atoms with E-state index in [4.69, 9.17) is 4.98 Å². The zero-order chi connectivity index (χ0) is 18.5. The number of aliphatic hydroxyl groups excluding tert-OH is 1. The number of rotatable bonds is 6. The fourth-order valence-corrected chi connectivity index (χ4v) is 3.29. The van der Waals surface area contributed by atoms with Crippen molar-refractivity contribution in [2.24, 2.45) is 0 Å². The molecule has 3 rings (SSSR count). The van der Waals surface area contributed by atoms with E-state index in [2.05, 4.69) is 41.6 Å². The lowest BCUT2D eigenvalue weighted by molar-refractivity contribution is 0.271. The van der Waals surface area contributed by atoms with E-state index in [-0.39, 0.29) is 12.5 Å². The SMILES string of the molecule is C=CCc1cc(N2CCN(C)CC2)c[c]c1-c1cccc(C(C)CO)n1. The molecule has 0 saturated carbocycles. The lowest BCUT2D eigenvalue weighted by Crippen LogP contribution is -2.44. The Balaban J connectivity index is 1.93. The minimum atomic E-state index is 0.0300. The number of likely N-dealkylation sites (N-methyl/N-ethyl adjacent to an activating group) is 1.